The van der Waals surface area contributed by atoms with Crippen LogP contribution >= 0.6 is 22.9 Å². The van der Waals surface area contributed by atoms with Crippen LogP contribution in [0.4, 0.5) is 0 Å². The molecule has 3 rings (SSSR count). The number of thiophene rings is 1. The Kier molecular flexibility index (Phi) is 3.42. The lowest BCUT2D eigenvalue weighted by atomic mass is 10.00. The van der Waals surface area contributed by atoms with Crippen molar-refractivity contribution >= 4 is 40.5 Å². The number of hydrogen-bond acceptors (Lipinski definition) is 4. The molecule has 2 amide bonds. The van der Waals surface area contributed by atoms with E-state index in [0.717, 1.165) is 17.7 Å². The molecular formula is C14H14ClNO3S. The van der Waals surface area contributed by atoms with Gasteiger partial charge in [0.05, 0.1) is 27.6 Å². The summed E-state index contributed by atoms with van der Waals surface area (Å²) in [6.07, 6.45) is 1.51. The minimum Gasteiger partial charge on any atom is -0.291 e. The number of ketones is 1. The summed E-state index contributed by atoms with van der Waals surface area (Å²) in [4.78, 5) is 38.2. The van der Waals surface area contributed by atoms with Gasteiger partial charge in [0, 0.05) is 0 Å². The van der Waals surface area contributed by atoms with Gasteiger partial charge in [-0.3, -0.25) is 19.3 Å². The van der Waals surface area contributed by atoms with Crippen molar-refractivity contribution in [3.05, 3.63) is 21.3 Å². The van der Waals surface area contributed by atoms with Gasteiger partial charge in [-0.15, -0.1) is 11.3 Å². The molecule has 106 valence electrons. The van der Waals surface area contributed by atoms with Crippen LogP contribution in [0.3, 0.4) is 0 Å². The number of rotatable bonds is 3. The van der Waals surface area contributed by atoms with Gasteiger partial charge >= 0.3 is 0 Å². The number of fused-ring (bicyclic) bond motifs is 1. The molecule has 2 atom stereocenters. The minimum atomic E-state index is -0.225. The summed E-state index contributed by atoms with van der Waals surface area (Å²) in [6.45, 7) is 1.90. The predicted molar refractivity (Wildman–Crippen MR) is 75.8 cm³/mol. The molecule has 1 saturated carbocycles. The molecule has 0 spiro atoms. The predicted octanol–water partition coefficient (Wildman–Crippen LogP) is 2.62. The number of imide groups is 1. The largest absolute Gasteiger partial charge is 0.291 e. The quantitative estimate of drug-likeness (QED) is 0.637. The fraction of sp³-hybridized carbons (Fsp3) is 0.500. The van der Waals surface area contributed by atoms with Crippen LogP contribution in [0.5, 0.6) is 0 Å². The van der Waals surface area contributed by atoms with Crippen LogP contribution in [0.2, 0.25) is 4.34 Å². The van der Waals surface area contributed by atoms with E-state index in [1.54, 1.807) is 12.1 Å². The van der Waals surface area contributed by atoms with Crippen molar-refractivity contribution in [2.75, 3.05) is 6.54 Å². The Balaban J connectivity index is 1.74. The van der Waals surface area contributed by atoms with E-state index >= 15 is 0 Å². The topological polar surface area (TPSA) is 54.5 Å². The van der Waals surface area contributed by atoms with Crippen LogP contribution in [-0.4, -0.2) is 29.0 Å². The van der Waals surface area contributed by atoms with E-state index < -0.39 is 0 Å². The highest BCUT2D eigenvalue weighted by Crippen LogP contribution is 2.42. The van der Waals surface area contributed by atoms with Gasteiger partial charge in [0.1, 0.15) is 0 Å². The highest BCUT2D eigenvalue weighted by Gasteiger charge is 2.51. The molecule has 2 unspecified atom stereocenters. The third kappa shape index (κ3) is 2.19. The van der Waals surface area contributed by atoms with E-state index in [9.17, 15) is 14.4 Å². The standard InChI is InChI=1S/C14H14ClNO3S/c1-7-4-8-9(5-7)14(19)16(13(8)18)6-10(17)11-2-3-12(15)20-11/h2-3,7-9H,4-6H2,1H3. The number of carbonyl (C=O) groups excluding carboxylic acids is 3. The first kappa shape index (κ1) is 13.8. The molecule has 2 aliphatic rings. The zero-order valence-corrected chi connectivity index (χ0v) is 12.5. The average molecular weight is 312 g/mol. The van der Waals surface area contributed by atoms with Gasteiger partial charge in [0.15, 0.2) is 5.78 Å². The van der Waals surface area contributed by atoms with Gasteiger partial charge < -0.3 is 0 Å². The van der Waals surface area contributed by atoms with Crippen LogP contribution in [0.25, 0.3) is 0 Å². The van der Waals surface area contributed by atoms with Crippen molar-refractivity contribution in [1.82, 2.24) is 4.90 Å². The van der Waals surface area contributed by atoms with Gasteiger partial charge in [-0.25, -0.2) is 0 Å². The first-order valence-electron chi connectivity index (χ1n) is 6.61. The Morgan fingerprint density at radius 2 is 1.90 bits per heavy atom. The summed E-state index contributed by atoms with van der Waals surface area (Å²) in [5.74, 6) is -0.598. The summed E-state index contributed by atoms with van der Waals surface area (Å²) in [5.41, 5.74) is 0. The molecular weight excluding hydrogens is 298 g/mol. The van der Waals surface area contributed by atoms with Crippen molar-refractivity contribution in [2.45, 2.75) is 19.8 Å². The number of halogens is 1. The maximum absolute atomic E-state index is 12.2. The molecule has 0 bridgehead atoms. The third-order valence-electron chi connectivity index (χ3n) is 4.11. The summed E-state index contributed by atoms with van der Waals surface area (Å²) in [5, 5.41) is 0. The second kappa shape index (κ2) is 4.97. The number of hydrogen-bond donors (Lipinski definition) is 0. The molecule has 4 nitrogen and oxygen atoms in total. The lowest BCUT2D eigenvalue weighted by Gasteiger charge is -2.15. The molecule has 20 heavy (non-hydrogen) atoms. The van der Waals surface area contributed by atoms with E-state index in [4.69, 9.17) is 11.6 Å². The lowest BCUT2D eigenvalue weighted by molar-refractivity contribution is -0.139. The Hall–Kier alpha value is -1.20. The first-order chi connectivity index (χ1) is 9.47. The smallest absolute Gasteiger partial charge is 0.233 e. The Labute approximate surface area is 125 Å². The fourth-order valence-electron chi connectivity index (χ4n) is 3.19. The van der Waals surface area contributed by atoms with Crippen LogP contribution in [-0.2, 0) is 9.59 Å². The number of amides is 2. The van der Waals surface area contributed by atoms with E-state index in [2.05, 4.69) is 6.92 Å². The highest BCUT2D eigenvalue weighted by atomic mass is 35.5. The summed E-state index contributed by atoms with van der Waals surface area (Å²) >= 11 is 6.96. The maximum atomic E-state index is 12.2. The van der Waals surface area contributed by atoms with Gasteiger partial charge in [-0.05, 0) is 30.9 Å². The van der Waals surface area contributed by atoms with Gasteiger partial charge in [-0.2, -0.15) is 0 Å². The second-order valence-electron chi connectivity index (χ2n) is 5.58. The summed E-state index contributed by atoms with van der Waals surface area (Å²) in [7, 11) is 0. The zero-order valence-electron chi connectivity index (χ0n) is 11.0. The Morgan fingerprint density at radius 3 is 2.40 bits per heavy atom. The fourth-order valence-corrected chi connectivity index (χ4v) is 4.16. The molecule has 1 aliphatic heterocycles. The Bertz CT molecular complexity index is 573. The van der Waals surface area contributed by atoms with Crippen LogP contribution < -0.4 is 0 Å². The molecule has 1 saturated heterocycles. The molecule has 0 radical (unpaired) electrons. The summed E-state index contributed by atoms with van der Waals surface area (Å²) < 4.78 is 0.526. The van der Waals surface area contributed by atoms with E-state index in [-0.39, 0.29) is 36.0 Å². The second-order valence-corrected chi connectivity index (χ2v) is 7.29. The lowest BCUT2D eigenvalue weighted by Crippen LogP contribution is -2.36. The van der Waals surface area contributed by atoms with Gasteiger partial charge in [-0.1, -0.05) is 18.5 Å². The first-order valence-corrected chi connectivity index (χ1v) is 7.80. The SMILES string of the molecule is CC1CC2C(=O)N(CC(=O)c3ccc(Cl)s3)C(=O)C2C1. The number of Topliss-reactive ketones (excluding diaryl/α,β-unsaturated/α-hetero) is 1. The highest BCUT2D eigenvalue weighted by molar-refractivity contribution is 7.18. The zero-order chi connectivity index (χ0) is 14.4. The molecule has 2 heterocycles. The molecule has 6 heteroatoms. The Morgan fingerprint density at radius 1 is 1.30 bits per heavy atom. The molecule has 1 aromatic rings. The van der Waals surface area contributed by atoms with E-state index in [1.165, 1.54) is 11.3 Å². The number of carbonyl (C=O) groups is 3. The molecule has 0 N–H and O–H groups in total. The van der Waals surface area contributed by atoms with Crippen molar-refractivity contribution in [3.63, 3.8) is 0 Å². The minimum absolute atomic E-state index is 0.157. The van der Waals surface area contributed by atoms with Gasteiger partial charge in [0.2, 0.25) is 11.8 Å². The monoisotopic (exact) mass is 311 g/mol. The number of likely N-dealkylation sites (tertiary alicyclic amines) is 1. The van der Waals surface area contributed by atoms with Crippen molar-refractivity contribution < 1.29 is 14.4 Å². The van der Waals surface area contributed by atoms with Crippen molar-refractivity contribution in [1.29, 1.82) is 0 Å². The van der Waals surface area contributed by atoms with E-state index in [0.29, 0.717) is 15.1 Å². The molecule has 1 aliphatic carbocycles. The number of nitrogens with zero attached hydrogens (tertiary/aromatic N) is 1. The average Bonchev–Trinajstić information content (AvgIpc) is 3.04. The van der Waals surface area contributed by atoms with Crippen LogP contribution in [0.15, 0.2) is 12.1 Å². The maximum Gasteiger partial charge on any atom is 0.233 e. The third-order valence-corrected chi connectivity index (χ3v) is 5.39. The summed E-state index contributed by atoms with van der Waals surface area (Å²) in [6, 6.07) is 3.27. The van der Waals surface area contributed by atoms with Crippen LogP contribution in [0, 0.1) is 17.8 Å². The molecule has 0 aromatic carbocycles. The normalized spacial score (nSPS) is 29.1. The van der Waals surface area contributed by atoms with Crippen molar-refractivity contribution in [3.8, 4) is 0 Å². The van der Waals surface area contributed by atoms with E-state index in [1.807, 2.05) is 0 Å². The molecule has 1 aromatic heterocycles. The van der Waals surface area contributed by atoms with Gasteiger partial charge in [0.25, 0.3) is 0 Å². The van der Waals surface area contributed by atoms with Crippen molar-refractivity contribution in [2.24, 2.45) is 17.8 Å². The van der Waals surface area contributed by atoms with Crippen LogP contribution in [0.1, 0.15) is 29.4 Å². The molecule has 2 fully saturated rings.